The molecule has 0 fully saturated rings. The number of hydrogen-bond acceptors (Lipinski definition) is 2. The fourth-order valence-electron chi connectivity index (χ4n) is 10.5. The average Bonchev–Trinajstić information content (AvgIpc) is 3.91. The molecule has 0 saturated carbocycles. The molecule has 2 heterocycles. The Balaban J connectivity index is 1.07. The standard InChI is InChI=1S/C60H34O2/c1-3-13-41-39(11-1)40-12-2-4-14-42(40)52-34-54-46-26-22-36(38-24-28-60-56(32-38)48-18-8-10-20-58(48)62-60)30-50(46)44-16-6-5-15-43(44)49-29-35(21-25-45(49)53(54)33-51(41)52)37-23-27-59-55(31-37)47-17-7-9-19-57(47)61-59/h1-34H. The van der Waals surface area contributed by atoms with Gasteiger partial charge in [-0.05, 0) is 160 Å². The van der Waals surface area contributed by atoms with Crippen LogP contribution in [-0.4, -0.2) is 0 Å². The van der Waals surface area contributed by atoms with Gasteiger partial charge in [0.2, 0.25) is 0 Å². The first-order valence-corrected chi connectivity index (χ1v) is 21.3. The molecule has 11 aromatic carbocycles. The Morgan fingerprint density at radius 3 is 0.935 bits per heavy atom. The third kappa shape index (κ3) is 4.80. The predicted molar refractivity (Wildman–Crippen MR) is 260 cm³/mol. The maximum absolute atomic E-state index is 6.25. The lowest BCUT2D eigenvalue weighted by molar-refractivity contribution is 0.668. The number of rotatable bonds is 2. The molecule has 0 spiro atoms. The first-order valence-electron chi connectivity index (χ1n) is 21.3. The van der Waals surface area contributed by atoms with E-state index in [9.17, 15) is 0 Å². The Morgan fingerprint density at radius 1 is 0.177 bits per heavy atom. The molecule has 0 N–H and O–H groups in total. The van der Waals surface area contributed by atoms with Crippen LogP contribution in [0.2, 0.25) is 0 Å². The molecule has 2 nitrogen and oxygen atoms in total. The molecule has 286 valence electrons. The predicted octanol–water partition coefficient (Wildman–Crippen LogP) is 17.3. The molecule has 13 aromatic rings. The summed E-state index contributed by atoms with van der Waals surface area (Å²) in [5.41, 5.74) is 18.0. The summed E-state index contributed by atoms with van der Waals surface area (Å²) in [6, 6.07) is 75.7. The first kappa shape index (κ1) is 33.6. The van der Waals surface area contributed by atoms with Crippen LogP contribution in [0.1, 0.15) is 0 Å². The van der Waals surface area contributed by atoms with Gasteiger partial charge >= 0.3 is 0 Å². The van der Waals surface area contributed by atoms with E-state index in [1.54, 1.807) is 0 Å². The van der Waals surface area contributed by atoms with Gasteiger partial charge in [-0.1, -0.05) is 146 Å². The summed E-state index contributed by atoms with van der Waals surface area (Å²) in [4.78, 5) is 0. The fraction of sp³-hybridized carbons (Fsp3) is 0. The molecule has 0 bridgehead atoms. The summed E-state index contributed by atoms with van der Waals surface area (Å²) in [6.07, 6.45) is 0. The van der Waals surface area contributed by atoms with Crippen LogP contribution >= 0.6 is 0 Å². The summed E-state index contributed by atoms with van der Waals surface area (Å²) in [5.74, 6) is 0. The van der Waals surface area contributed by atoms with Crippen molar-refractivity contribution in [1.82, 2.24) is 0 Å². The van der Waals surface area contributed by atoms with Crippen LogP contribution in [0.3, 0.4) is 0 Å². The Hall–Kier alpha value is -8.20. The van der Waals surface area contributed by atoms with Crippen molar-refractivity contribution < 1.29 is 8.83 Å². The van der Waals surface area contributed by atoms with Crippen molar-refractivity contribution in [2.24, 2.45) is 0 Å². The zero-order valence-corrected chi connectivity index (χ0v) is 33.4. The normalized spacial score (nSPS) is 12.2. The summed E-state index contributed by atoms with van der Waals surface area (Å²) >= 11 is 0. The first-order chi connectivity index (χ1) is 30.7. The zero-order valence-electron chi connectivity index (χ0n) is 33.4. The van der Waals surface area contributed by atoms with E-state index in [4.69, 9.17) is 8.83 Å². The van der Waals surface area contributed by atoms with E-state index >= 15 is 0 Å². The Bertz CT molecular complexity index is 3780. The molecule has 0 amide bonds. The van der Waals surface area contributed by atoms with Crippen molar-refractivity contribution in [3.05, 3.63) is 206 Å². The molecule has 0 aliphatic heterocycles. The third-order valence-electron chi connectivity index (χ3n) is 13.4. The van der Waals surface area contributed by atoms with Gasteiger partial charge in [0.15, 0.2) is 0 Å². The SMILES string of the molecule is c1ccc2c(c1)-c1cc(-c3ccc4oc5ccccc5c4c3)ccc1-c1cc3c4ccccc4c4ccccc4c3cc1-c1ccc(-c3ccc4oc5ccccc5c4c3)cc1-2. The Labute approximate surface area is 356 Å². The summed E-state index contributed by atoms with van der Waals surface area (Å²) < 4.78 is 12.5. The average molecular weight is 787 g/mol. The van der Waals surface area contributed by atoms with Gasteiger partial charge < -0.3 is 8.83 Å². The molecule has 62 heavy (non-hydrogen) atoms. The highest BCUT2D eigenvalue weighted by molar-refractivity contribution is 6.27. The minimum Gasteiger partial charge on any atom is -0.456 e. The topological polar surface area (TPSA) is 26.3 Å². The third-order valence-corrected chi connectivity index (χ3v) is 13.4. The number of benzene rings is 11. The van der Waals surface area contributed by atoms with Crippen molar-refractivity contribution in [2.45, 2.75) is 0 Å². The molecule has 2 aromatic heterocycles. The molecule has 0 unspecified atom stereocenters. The molecular formula is C60H34O2. The van der Waals surface area contributed by atoms with Crippen LogP contribution < -0.4 is 0 Å². The van der Waals surface area contributed by atoms with Crippen molar-refractivity contribution in [2.75, 3.05) is 0 Å². The quantitative estimate of drug-likeness (QED) is 0.163. The molecule has 1 aliphatic carbocycles. The molecule has 1 aliphatic rings. The molecule has 0 atom stereocenters. The number of fused-ring (bicyclic) bond motifs is 20. The second-order valence-electron chi connectivity index (χ2n) is 16.7. The Kier molecular flexibility index (Phi) is 6.86. The highest BCUT2D eigenvalue weighted by Gasteiger charge is 2.25. The highest BCUT2D eigenvalue weighted by Crippen LogP contribution is 2.52. The lowest BCUT2D eigenvalue weighted by Crippen LogP contribution is -1.99. The smallest absolute Gasteiger partial charge is 0.135 e. The summed E-state index contributed by atoms with van der Waals surface area (Å²) in [5, 5.41) is 12.1. The summed E-state index contributed by atoms with van der Waals surface area (Å²) in [7, 11) is 0. The minimum absolute atomic E-state index is 0.902. The van der Waals surface area contributed by atoms with Gasteiger partial charge in [-0.2, -0.15) is 0 Å². The zero-order chi connectivity index (χ0) is 40.5. The van der Waals surface area contributed by atoms with Crippen molar-refractivity contribution in [1.29, 1.82) is 0 Å². The van der Waals surface area contributed by atoms with E-state index in [1.807, 2.05) is 24.3 Å². The van der Waals surface area contributed by atoms with Crippen LogP contribution in [0.25, 0.3) is 143 Å². The van der Waals surface area contributed by atoms with Crippen LogP contribution in [0.4, 0.5) is 0 Å². The van der Waals surface area contributed by atoms with Crippen molar-refractivity contribution in [3.63, 3.8) is 0 Å². The van der Waals surface area contributed by atoms with Crippen molar-refractivity contribution in [3.8, 4) is 66.8 Å². The van der Waals surface area contributed by atoms with Gasteiger partial charge in [0.25, 0.3) is 0 Å². The van der Waals surface area contributed by atoms with Gasteiger partial charge in [0.1, 0.15) is 22.3 Å². The lowest BCUT2D eigenvalue weighted by Gasteiger charge is -2.25. The second kappa shape index (κ2) is 12.7. The van der Waals surface area contributed by atoms with E-state index in [-0.39, 0.29) is 0 Å². The lowest BCUT2D eigenvalue weighted by atomic mass is 9.78. The van der Waals surface area contributed by atoms with Gasteiger partial charge in [-0.15, -0.1) is 0 Å². The number of hydrogen-bond donors (Lipinski definition) is 0. The number of furan rings is 2. The molecule has 14 rings (SSSR count). The Morgan fingerprint density at radius 2 is 0.484 bits per heavy atom. The molecule has 0 radical (unpaired) electrons. The van der Waals surface area contributed by atoms with E-state index in [1.165, 1.54) is 88.0 Å². The monoisotopic (exact) mass is 786 g/mol. The van der Waals surface area contributed by atoms with E-state index < -0.39 is 0 Å². The summed E-state index contributed by atoms with van der Waals surface area (Å²) in [6.45, 7) is 0. The number of para-hydroxylation sites is 2. The fourth-order valence-corrected chi connectivity index (χ4v) is 10.5. The van der Waals surface area contributed by atoms with Crippen LogP contribution in [0.15, 0.2) is 215 Å². The maximum Gasteiger partial charge on any atom is 0.135 e. The maximum atomic E-state index is 6.25. The molecule has 2 heteroatoms. The second-order valence-corrected chi connectivity index (χ2v) is 16.7. The van der Waals surface area contributed by atoms with Gasteiger partial charge in [-0.3, -0.25) is 0 Å². The van der Waals surface area contributed by atoms with E-state index in [0.717, 1.165) is 55.0 Å². The molecule has 0 saturated heterocycles. The van der Waals surface area contributed by atoms with Gasteiger partial charge in [0, 0.05) is 21.5 Å². The molecular weight excluding hydrogens is 753 g/mol. The van der Waals surface area contributed by atoms with Crippen LogP contribution in [0, 0.1) is 0 Å². The van der Waals surface area contributed by atoms with Gasteiger partial charge in [-0.25, -0.2) is 0 Å². The minimum atomic E-state index is 0.902. The van der Waals surface area contributed by atoms with E-state index in [2.05, 4.69) is 182 Å². The van der Waals surface area contributed by atoms with E-state index in [0.29, 0.717) is 0 Å². The van der Waals surface area contributed by atoms with Crippen LogP contribution in [0.5, 0.6) is 0 Å². The largest absolute Gasteiger partial charge is 0.456 e. The van der Waals surface area contributed by atoms with Crippen molar-refractivity contribution >= 4 is 76.2 Å². The van der Waals surface area contributed by atoms with Gasteiger partial charge in [0.05, 0.1) is 0 Å². The van der Waals surface area contributed by atoms with Crippen LogP contribution in [-0.2, 0) is 0 Å². The highest BCUT2D eigenvalue weighted by atomic mass is 16.3.